The van der Waals surface area contributed by atoms with Crippen LogP contribution in [0, 0.1) is 0 Å². The van der Waals surface area contributed by atoms with Crippen LogP contribution >= 0.6 is 27.7 Å². The van der Waals surface area contributed by atoms with Crippen LogP contribution in [0.15, 0.2) is 39.1 Å². The molecule has 0 saturated carbocycles. The van der Waals surface area contributed by atoms with Crippen molar-refractivity contribution in [2.75, 3.05) is 0 Å². The molecule has 0 aliphatic rings. The first kappa shape index (κ1) is 11.6. The smallest absolute Gasteiger partial charge is 0.188 e. The van der Waals surface area contributed by atoms with Crippen LogP contribution in [0.3, 0.4) is 0 Å². The van der Waals surface area contributed by atoms with Crippen molar-refractivity contribution in [1.82, 2.24) is 15.2 Å². The van der Waals surface area contributed by atoms with Crippen LogP contribution in [0.25, 0.3) is 0 Å². The average molecular weight is 299 g/mol. The molecule has 0 bridgehead atoms. The summed E-state index contributed by atoms with van der Waals surface area (Å²) in [4.78, 5) is 5.17. The molecule has 2 rings (SSSR count). The second-order valence-corrected chi connectivity index (χ2v) is 5.31. The maximum Gasteiger partial charge on any atom is 0.188 e. The Hall–Kier alpha value is -0.850. The number of H-pyrrole nitrogens is 1. The van der Waals surface area contributed by atoms with Gasteiger partial charge in [0.25, 0.3) is 0 Å². The van der Waals surface area contributed by atoms with Gasteiger partial charge in [0.15, 0.2) is 5.16 Å². The van der Waals surface area contributed by atoms with Crippen molar-refractivity contribution >= 4 is 27.7 Å². The van der Waals surface area contributed by atoms with Crippen molar-refractivity contribution in [3.8, 4) is 0 Å². The number of rotatable bonds is 3. The van der Waals surface area contributed by atoms with Crippen LogP contribution in [0.1, 0.15) is 18.5 Å². The Morgan fingerprint density at radius 2 is 2.31 bits per heavy atom. The zero-order valence-corrected chi connectivity index (χ0v) is 11.0. The lowest BCUT2D eigenvalue weighted by molar-refractivity contribution is 0.796. The minimum atomic E-state index is -0.00137. The molecular weight excluding hydrogens is 288 g/mol. The van der Waals surface area contributed by atoms with Crippen molar-refractivity contribution in [3.63, 3.8) is 0 Å². The van der Waals surface area contributed by atoms with E-state index in [2.05, 4.69) is 31.1 Å². The molecular formula is C10H11BrN4S. The second-order valence-electron chi connectivity index (χ2n) is 3.36. The molecule has 0 spiro atoms. The lowest BCUT2D eigenvalue weighted by Crippen LogP contribution is -2.06. The molecule has 0 fully saturated rings. The van der Waals surface area contributed by atoms with Gasteiger partial charge in [0.1, 0.15) is 6.33 Å². The average Bonchev–Trinajstić information content (AvgIpc) is 2.70. The number of benzene rings is 1. The van der Waals surface area contributed by atoms with Gasteiger partial charge in [0.05, 0.1) is 0 Å². The van der Waals surface area contributed by atoms with Gasteiger partial charge in [-0.05, 0) is 36.4 Å². The molecule has 4 nitrogen and oxygen atoms in total. The lowest BCUT2D eigenvalue weighted by Gasteiger charge is -2.11. The fourth-order valence-corrected chi connectivity index (χ4v) is 2.80. The number of nitrogens with two attached hydrogens (primary N) is 1. The van der Waals surface area contributed by atoms with Crippen LogP contribution in [-0.2, 0) is 0 Å². The van der Waals surface area contributed by atoms with Gasteiger partial charge >= 0.3 is 0 Å². The summed E-state index contributed by atoms with van der Waals surface area (Å²) in [5.74, 6) is 0. The fourth-order valence-electron chi connectivity index (χ4n) is 1.32. The highest BCUT2D eigenvalue weighted by Gasteiger charge is 2.10. The molecule has 0 saturated heterocycles. The Kier molecular flexibility index (Phi) is 3.63. The Labute approximate surface area is 106 Å². The SMILES string of the molecule is CC(N)c1ccc(Br)cc1Sc1ncn[nH]1. The van der Waals surface area contributed by atoms with Crippen molar-refractivity contribution in [1.29, 1.82) is 0 Å². The van der Waals surface area contributed by atoms with E-state index < -0.39 is 0 Å². The number of aromatic nitrogens is 3. The van der Waals surface area contributed by atoms with Crippen LogP contribution in [0.2, 0.25) is 0 Å². The molecule has 1 heterocycles. The molecule has 2 aromatic rings. The van der Waals surface area contributed by atoms with E-state index in [0.717, 1.165) is 20.1 Å². The van der Waals surface area contributed by atoms with Gasteiger partial charge in [-0.3, -0.25) is 5.10 Å². The summed E-state index contributed by atoms with van der Waals surface area (Å²) >= 11 is 4.97. The molecule has 3 N–H and O–H groups in total. The zero-order chi connectivity index (χ0) is 11.5. The van der Waals surface area contributed by atoms with Crippen LogP contribution in [-0.4, -0.2) is 15.2 Å². The third-order valence-electron chi connectivity index (χ3n) is 2.07. The molecule has 1 unspecified atom stereocenters. The molecule has 0 aliphatic carbocycles. The van der Waals surface area contributed by atoms with E-state index >= 15 is 0 Å². The van der Waals surface area contributed by atoms with Crippen LogP contribution < -0.4 is 5.73 Å². The minimum Gasteiger partial charge on any atom is -0.324 e. The summed E-state index contributed by atoms with van der Waals surface area (Å²) in [7, 11) is 0. The summed E-state index contributed by atoms with van der Waals surface area (Å²) in [5, 5.41) is 7.40. The molecule has 1 aromatic carbocycles. The molecule has 16 heavy (non-hydrogen) atoms. The number of hydrogen-bond donors (Lipinski definition) is 2. The Bertz CT molecular complexity index is 470. The van der Waals surface area contributed by atoms with Crippen LogP contribution in [0.5, 0.6) is 0 Å². The predicted molar refractivity (Wildman–Crippen MR) is 67.3 cm³/mol. The number of nitrogens with zero attached hydrogens (tertiary/aromatic N) is 2. The Morgan fingerprint density at radius 1 is 1.50 bits per heavy atom. The summed E-state index contributed by atoms with van der Waals surface area (Å²) < 4.78 is 1.03. The third kappa shape index (κ3) is 2.63. The van der Waals surface area contributed by atoms with Gasteiger partial charge in [-0.25, -0.2) is 4.98 Å². The summed E-state index contributed by atoms with van der Waals surface area (Å²) in [5.41, 5.74) is 7.02. The topological polar surface area (TPSA) is 67.6 Å². The van der Waals surface area contributed by atoms with Crippen molar-refractivity contribution in [3.05, 3.63) is 34.6 Å². The first-order chi connectivity index (χ1) is 7.66. The lowest BCUT2D eigenvalue weighted by atomic mass is 10.1. The van der Waals surface area contributed by atoms with Gasteiger partial charge in [-0.15, -0.1) is 0 Å². The van der Waals surface area contributed by atoms with E-state index in [4.69, 9.17) is 5.73 Å². The zero-order valence-electron chi connectivity index (χ0n) is 8.64. The monoisotopic (exact) mass is 298 g/mol. The van der Waals surface area contributed by atoms with Gasteiger partial charge in [-0.2, -0.15) is 5.10 Å². The largest absolute Gasteiger partial charge is 0.324 e. The van der Waals surface area contributed by atoms with E-state index in [-0.39, 0.29) is 6.04 Å². The fraction of sp³-hybridized carbons (Fsp3) is 0.200. The predicted octanol–water partition coefficient (Wildman–Crippen LogP) is 2.74. The second kappa shape index (κ2) is 4.99. The van der Waals surface area contributed by atoms with Gasteiger partial charge < -0.3 is 5.73 Å². The summed E-state index contributed by atoms with van der Waals surface area (Å²) in [6, 6.07) is 6.04. The molecule has 0 radical (unpaired) electrons. The minimum absolute atomic E-state index is 0.00137. The van der Waals surface area contributed by atoms with E-state index in [1.54, 1.807) is 0 Å². The van der Waals surface area contributed by atoms with Gasteiger partial charge in [-0.1, -0.05) is 22.0 Å². The van der Waals surface area contributed by atoms with E-state index in [9.17, 15) is 0 Å². The van der Waals surface area contributed by atoms with E-state index in [1.807, 2.05) is 25.1 Å². The number of hydrogen-bond acceptors (Lipinski definition) is 4. The quantitative estimate of drug-likeness (QED) is 0.914. The Morgan fingerprint density at radius 3 is 2.94 bits per heavy atom. The summed E-state index contributed by atoms with van der Waals surface area (Å²) in [6.45, 7) is 1.97. The van der Waals surface area contributed by atoms with Crippen molar-refractivity contribution < 1.29 is 0 Å². The summed E-state index contributed by atoms with van der Waals surface area (Å²) in [6.07, 6.45) is 1.49. The number of aromatic amines is 1. The highest BCUT2D eigenvalue weighted by Crippen LogP contribution is 2.32. The standard InChI is InChI=1S/C10H11BrN4S/c1-6(12)8-3-2-7(11)4-9(8)16-10-13-5-14-15-10/h2-6H,12H2,1H3,(H,13,14,15). The maximum absolute atomic E-state index is 5.92. The molecule has 6 heteroatoms. The number of halogens is 1. The van der Waals surface area contributed by atoms with Crippen molar-refractivity contribution in [2.45, 2.75) is 23.0 Å². The normalized spacial score (nSPS) is 12.7. The number of nitrogens with one attached hydrogen (secondary N) is 1. The van der Waals surface area contributed by atoms with Crippen molar-refractivity contribution in [2.24, 2.45) is 5.73 Å². The third-order valence-corrected chi connectivity index (χ3v) is 3.52. The molecule has 1 aromatic heterocycles. The highest BCUT2D eigenvalue weighted by atomic mass is 79.9. The molecule has 0 aliphatic heterocycles. The van der Waals surface area contributed by atoms with Gasteiger partial charge in [0, 0.05) is 15.4 Å². The van der Waals surface area contributed by atoms with Gasteiger partial charge in [0.2, 0.25) is 0 Å². The van der Waals surface area contributed by atoms with Crippen LogP contribution in [0.4, 0.5) is 0 Å². The highest BCUT2D eigenvalue weighted by molar-refractivity contribution is 9.10. The first-order valence-electron chi connectivity index (χ1n) is 4.75. The Balaban J connectivity index is 2.34. The van der Waals surface area contributed by atoms with E-state index in [1.165, 1.54) is 18.1 Å². The maximum atomic E-state index is 5.92. The molecule has 84 valence electrons. The first-order valence-corrected chi connectivity index (χ1v) is 6.36. The molecule has 1 atom stereocenters. The van der Waals surface area contributed by atoms with E-state index in [0.29, 0.717) is 0 Å². The molecule has 0 amide bonds.